The first-order chi connectivity index (χ1) is 10.0. The summed E-state index contributed by atoms with van der Waals surface area (Å²) in [5, 5.41) is 0.387. The summed E-state index contributed by atoms with van der Waals surface area (Å²) >= 11 is 6.04. The zero-order valence-corrected chi connectivity index (χ0v) is 13.7. The summed E-state index contributed by atoms with van der Waals surface area (Å²) in [6, 6.07) is 3.51. The highest BCUT2D eigenvalue weighted by molar-refractivity contribution is 6.29. The van der Waals surface area contributed by atoms with Gasteiger partial charge in [0.05, 0.1) is 6.10 Å². The molecule has 2 rings (SSSR count). The summed E-state index contributed by atoms with van der Waals surface area (Å²) in [6.45, 7) is 5.65. The summed E-state index contributed by atoms with van der Waals surface area (Å²) in [4.78, 5) is 18.8. The van der Waals surface area contributed by atoms with E-state index in [1.54, 1.807) is 13.2 Å². The van der Waals surface area contributed by atoms with Crippen molar-refractivity contribution in [3.8, 4) is 0 Å². The number of hydrogen-bond donors (Lipinski definition) is 0. The molecule has 5 heteroatoms. The van der Waals surface area contributed by atoms with Gasteiger partial charge in [-0.25, -0.2) is 4.98 Å². The van der Waals surface area contributed by atoms with Crippen LogP contribution in [0.1, 0.15) is 42.7 Å². The molecule has 0 aromatic carbocycles. The fourth-order valence-corrected chi connectivity index (χ4v) is 2.99. The zero-order valence-electron chi connectivity index (χ0n) is 12.9. The number of methoxy groups -OCH3 is 1. The van der Waals surface area contributed by atoms with E-state index in [4.69, 9.17) is 16.3 Å². The van der Waals surface area contributed by atoms with E-state index < -0.39 is 0 Å². The molecule has 1 saturated heterocycles. The molecule has 0 bridgehead atoms. The third kappa shape index (κ3) is 3.95. The molecule has 0 N–H and O–H groups in total. The number of halogens is 1. The Morgan fingerprint density at radius 2 is 2.29 bits per heavy atom. The topological polar surface area (TPSA) is 42.4 Å². The molecule has 4 nitrogen and oxygen atoms in total. The quantitative estimate of drug-likeness (QED) is 0.802. The molecule has 2 unspecified atom stereocenters. The van der Waals surface area contributed by atoms with Crippen LogP contribution in [0.3, 0.4) is 0 Å². The van der Waals surface area contributed by atoms with Crippen LogP contribution in [0.5, 0.6) is 0 Å². The molecular weight excluding hydrogens is 288 g/mol. The summed E-state index contributed by atoms with van der Waals surface area (Å²) in [5.41, 5.74) is 1.50. The van der Waals surface area contributed by atoms with Crippen LogP contribution in [0.2, 0.25) is 5.15 Å². The number of likely N-dealkylation sites (tertiary alicyclic amines) is 1. The first kappa shape index (κ1) is 16.2. The normalized spacial score (nSPS) is 22.4. The van der Waals surface area contributed by atoms with Gasteiger partial charge in [-0.1, -0.05) is 31.9 Å². The lowest BCUT2D eigenvalue weighted by Gasteiger charge is -2.36. The minimum Gasteiger partial charge on any atom is -0.379 e. The van der Waals surface area contributed by atoms with Crippen LogP contribution in [-0.2, 0) is 11.2 Å². The molecule has 1 aliphatic heterocycles. The van der Waals surface area contributed by atoms with Crippen molar-refractivity contribution in [3.63, 3.8) is 0 Å². The van der Waals surface area contributed by atoms with E-state index in [2.05, 4.69) is 18.8 Å². The fourth-order valence-electron chi connectivity index (χ4n) is 2.77. The van der Waals surface area contributed by atoms with Crippen LogP contribution in [0, 0.1) is 5.92 Å². The van der Waals surface area contributed by atoms with E-state index in [-0.39, 0.29) is 12.0 Å². The van der Waals surface area contributed by atoms with Crippen LogP contribution >= 0.6 is 11.6 Å². The van der Waals surface area contributed by atoms with Gasteiger partial charge in [-0.3, -0.25) is 4.79 Å². The predicted molar refractivity (Wildman–Crippen MR) is 83.7 cm³/mol. The number of piperidine rings is 1. The lowest BCUT2D eigenvalue weighted by molar-refractivity contribution is -0.00157. The predicted octanol–water partition coefficient (Wildman–Crippen LogP) is 3.18. The number of carbonyl (C=O) groups excluding carboxylic acids is 1. The van der Waals surface area contributed by atoms with E-state index in [0.29, 0.717) is 23.2 Å². The van der Waals surface area contributed by atoms with Crippen LogP contribution in [0.25, 0.3) is 0 Å². The summed E-state index contributed by atoms with van der Waals surface area (Å²) in [7, 11) is 1.71. The van der Waals surface area contributed by atoms with Crippen molar-refractivity contribution in [1.82, 2.24) is 9.88 Å². The molecule has 2 heterocycles. The number of carbonyl (C=O) groups is 1. The molecular formula is C16H23ClN2O2. The van der Waals surface area contributed by atoms with Crippen molar-refractivity contribution < 1.29 is 9.53 Å². The number of aryl methyl sites for hydroxylation is 1. The maximum absolute atomic E-state index is 12.7. The van der Waals surface area contributed by atoms with E-state index in [9.17, 15) is 4.79 Å². The van der Waals surface area contributed by atoms with Crippen LogP contribution in [-0.4, -0.2) is 42.1 Å². The maximum Gasteiger partial charge on any atom is 0.254 e. The molecule has 0 aliphatic carbocycles. The second-order valence-electron chi connectivity index (χ2n) is 5.71. The molecule has 1 fully saturated rings. The Hall–Kier alpha value is -1.13. The van der Waals surface area contributed by atoms with Gasteiger partial charge in [0.25, 0.3) is 5.91 Å². The number of ether oxygens (including phenoxy) is 1. The molecule has 0 radical (unpaired) electrons. The number of hydrogen-bond acceptors (Lipinski definition) is 3. The van der Waals surface area contributed by atoms with Gasteiger partial charge < -0.3 is 9.64 Å². The summed E-state index contributed by atoms with van der Waals surface area (Å²) in [6.07, 6.45) is 2.88. The molecule has 21 heavy (non-hydrogen) atoms. The number of nitrogens with zero attached hydrogens (tertiary/aromatic N) is 2. The highest BCUT2D eigenvalue weighted by Gasteiger charge is 2.29. The van der Waals surface area contributed by atoms with Gasteiger partial charge in [-0.15, -0.1) is 0 Å². The number of amides is 1. The highest BCUT2D eigenvalue weighted by atomic mass is 35.5. The smallest absolute Gasteiger partial charge is 0.254 e. The van der Waals surface area contributed by atoms with Gasteiger partial charge in [0.15, 0.2) is 0 Å². The largest absolute Gasteiger partial charge is 0.379 e. The lowest BCUT2D eigenvalue weighted by Crippen LogP contribution is -2.46. The Balaban J connectivity index is 2.16. The minimum absolute atomic E-state index is 0.0191. The molecule has 2 atom stereocenters. The summed E-state index contributed by atoms with van der Waals surface area (Å²) in [5.74, 6) is 0.501. The maximum atomic E-state index is 12.7. The Kier molecular flexibility index (Phi) is 5.59. The van der Waals surface area contributed by atoms with Crippen molar-refractivity contribution in [1.29, 1.82) is 0 Å². The van der Waals surface area contributed by atoms with Gasteiger partial charge in [0.2, 0.25) is 0 Å². The molecule has 0 spiro atoms. The Bertz CT molecular complexity index is 507. The van der Waals surface area contributed by atoms with Crippen LogP contribution in [0.15, 0.2) is 12.1 Å². The number of pyridine rings is 1. The van der Waals surface area contributed by atoms with E-state index in [1.807, 2.05) is 11.0 Å². The van der Waals surface area contributed by atoms with Gasteiger partial charge in [0.1, 0.15) is 5.15 Å². The standard InChI is InChI=1S/C16H23ClN2O2/c1-4-5-13-8-12(9-15(17)18-13)16(20)19-7-6-11(2)14(10-19)21-3/h8-9,11,14H,4-7,10H2,1-3H3. The molecule has 0 saturated carbocycles. The van der Waals surface area contributed by atoms with Gasteiger partial charge in [-0.2, -0.15) is 0 Å². The Morgan fingerprint density at radius 1 is 1.52 bits per heavy atom. The minimum atomic E-state index is 0.0191. The molecule has 1 amide bonds. The third-order valence-electron chi connectivity index (χ3n) is 4.08. The Morgan fingerprint density at radius 3 is 2.95 bits per heavy atom. The zero-order chi connectivity index (χ0) is 15.4. The van der Waals surface area contributed by atoms with E-state index >= 15 is 0 Å². The van der Waals surface area contributed by atoms with Crippen molar-refractivity contribution in [3.05, 3.63) is 28.5 Å². The van der Waals surface area contributed by atoms with Crippen molar-refractivity contribution in [2.24, 2.45) is 5.92 Å². The average molecular weight is 311 g/mol. The van der Waals surface area contributed by atoms with Gasteiger partial charge in [0, 0.05) is 31.5 Å². The highest BCUT2D eigenvalue weighted by Crippen LogP contribution is 2.22. The first-order valence-electron chi connectivity index (χ1n) is 7.53. The second kappa shape index (κ2) is 7.23. The molecule has 116 valence electrons. The van der Waals surface area contributed by atoms with E-state index in [1.165, 1.54) is 0 Å². The summed E-state index contributed by atoms with van der Waals surface area (Å²) < 4.78 is 5.47. The first-order valence-corrected chi connectivity index (χ1v) is 7.91. The van der Waals surface area contributed by atoms with Crippen LogP contribution < -0.4 is 0 Å². The lowest BCUT2D eigenvalue weighted by atomic mass is 9.95. The third-order valence-corrected chi connectivity index (χ3v) is 4.27. The van der Waals surface area contributed by atoms with E-state index in [0.717, 1.165) is 31.5 Å². The van der Waals surface area contributed by atoms with Crippen molar-refractivity contribution >= 4 is 17.5 Å². The SMILES string of the molecule is CCCc1cc(C(=O)N2CCC(C)C(OC)C2)cc(Cl)n1. The molecule has 1 aromatic rings. The van der Waals surface area contributed by atoms with Gasteiger partial charge >= 0.3 is 0 Å². The monoisotopic (exact) mass is 310 g/mol. The van der Waals surface area contributed by atoms with Crippen molar-refractivity contribution in [2.45, 2.75) is 39.2 Å². The Labute approximate surface area is 131 Å². The number of rotatable bonds is 4. The van der Waals surface area contributed by atoms with Crippen molar-refractivity contribution in [2.75, 3.05) is 20.2 Å². The van der Waals surface area contributed by atoms with Crippen LogP contribution in [0.4, 0.5) is 0 Å². The molecule has 1 aliphatic rings. The van der Waals surface area contributed by atoms with Gasteiger partial charge in [-0.05, 0) is 30.9 Å². The second-order valence-corrected chi connectivity index (χ2v) is 6.10. The average Bonchev–Trinajstić information content (AvgIpc) is 2.47. The number of aromatic nitrogens is 1. The fraction of sp³-hybridized carbons (Fsp3) is 0.625. The molecule has 1 aromatic heterocycles.